The van der Waals surface area contributed by atoms with Crippen LogP contribution in [-0.4, -0.2) is 23.4 Å². The third-order valence-electron chi connectivity index (χ3n) is 5.87. The van der Waals surface area contributed by atoms with E-state index in [2.05, 4.69) is 44.2 Å². The van der Waals surface area contributed by atoms with Crippen molar-refractivity contribution in [3.05, 3.63) is 95.6 Å². The van der Waals surface area contributed by atoms with Crippen LogP contribution in [0.1, 0.15) is 35.8 Å². The molecule has 0 aromatic heterocycles. The van der Waals surface area contributed by atoms with Crippen LogP contribution in [0, 0.1) is 12.8 Å². The quantitative estimate of drug-likeness (QED) is 0.498. The summed E-state index contributed by atoms with van der Waals surface area (Å²) in [5, 5.41) is -0.498. The fourth-order valence-electron chi connectivity index (χ4n) is 4.29. The van der Waals surface area contributed by atoms with Gasteiger partial charge in [-0.15, -0.1) is 0 Å². The van der Waals surface area contributed by atoms with Crippen molar-refractivity contribution in [3.8, 4) is 0 Å². The molecule has 0 bridgehead atoms. The molecule has 0 aliphatic heterocycles. The SMILES string of the molecule is Cc1ccc(S(=O)(=O)C2c3ccccc3CC2C(C)(C)[Se]c2ccccc2)cc1. The van der Waals surface area contributed by atoms with Crippen molar-refractivity contribution < 1.29 is 8.42 Å². The third kappa shape index (κ3) is 3.94. The average Bonchev–Trinajstić information content (AvgIpc) is 3.10. The van der Waals surface area contributed by atoms with E-state index < -0.39 is 15.1 Å². The van der Waals surface area contributed by atoms with Gasteiger partial charge in [-0.3, -0.25) is 0 Å². The number of aryl methyl sites for hydroxylation is 1. The summed E-state index contributed by atoms with van der Waals surface area (Å²) in [6.07, 6.45) is 0.813. The second-order valence-corrected chi connectivity index (χ2v) is 14.0. The molecule has 1 aliphatic rings. The van der Waals surface area contributed by atoms with E-state index in [0.29, 0.717) is 4.90 Å². The summed E-state index contributed by atoms with van der Waals surface area (Å²) in [6, 6.07) is 25.9. The third-order valence-corrected chi connectivity index (χ3v) is 10.9. The molecule has 0 spiro atoms. The minimum absolute atomic E-state index is 0.0476. The number of fused-ring (bicyclic) bond motifs is 1. The predicted molar refractivity (Wildman–Crippen MR) is 121 cm³/mol. The summed E-state index contributed by atoms with van der Waals surface area (Å²) in [4.78, 5) is 0.429. The number of hydrogen-bond donors (Lipinski definition) is 0. The molecule has 2 unspecified atom stereocenters. The van der Waals surface area contributed by atoms with E-state index in [-0.39, 0.29) is 25.2 Å². The van der Waals surface area contributed by atoms with Gasteiger partial charge in [0.15, 0.2) is 0 Å². The standard InChI is InChI=1S/C25H26O2SSe/c1-18-13-15-20(16-14-18)28(26,27)24-22-12-8-7-9-19(22)17-23(24)25(2,3)29-21-10-5-4-6-11-21/h4-16,23-24H,17H2,1-3H3. The molecule has 0 fully saturated rings. The Bertz CT molecular complexity index is 1100. The Labute approximate surface area is 180 Å². The second-order valence-electron chi connectivity index (χ2n) is 8.31. The van der Waals surface area contributed by atoms with Crippen molar-refractivity contribution in [3.63, 3.8) is 0 Å². The van der Waals surface area contributed by atoms with E-state index in [9.17, 15) is 8.42 Å². The number of benzene rings is 3. The molecular formula is C25H26O2SSe. The van der Waals surface area contributed by atoms with Crippen LogP contribution in [0.5, 0.6) is 0 Å². The fraction of sp³-hybridized carbons (Fsp3) is 0.280. The maximum absolute atomic E-state index is 13.8. The molecule has 2 atom stereocenters. The zero-order chi connectivity index (χ0) is 20.6. The molecular weight excluding hydrogens is 443 g/mol. The van der Waals surface area contributed by atoms with E-state index in [4.69, 9.17) is 0 Å². The van der Waals surface area contributed by atoms with E-state index in [1.807, 2.05) is 43.3 Å². The Kier molecular flexibility index (Phi) is 5.46. The van der Waals surface area contributed by atoms with Crippen LogP contribution in [-0.2, 0) is 16.3 Å². The normalized spacial score (nSPS) is 19.1. The molecule has 0 N–H and O–H groups in total. The first-order chi connectivity index (χ1) is 13.8. The summed E-state index contributed by atoms with van der Waals surface area (Å²) in [6.45, 7) is 6.47. The summed E-state index contributed by atoms with van der Waals surface area (Å²) in [5.74, 6) is 0.0476. The second kappa shape index (κ2) is 7.75. The van der Waals surface area contributed by atoms with E-state index in [1.54, 1.807) is 12.1 Å². The van der Waals surface area contributed by atoms with Crippen molar-refractivity contribution in [2.45, 2.75) is 41.7 Å². The van der Waals surface area contributed by atoms with Gasteiger partial charge in [-0.2, -0.15) is 0 Å². The van der Waals surface area contributed by atoms with E-state index in [0.717, 1.165) is 17.5 Å². The molecule has 4 heteroatoms. The van der Waals surface area contributed by atoms with Crippen LogP contribution in [0.2, 0.25) is 4.31 Å². The summed E-state index contributed by atoms with van der Waals surface area (Å²) in [7, 11) is -3.48. The van der Waals surface area contributed by atoms with Crippen molar-refractivity contribution in [2.24, 2.45) is 5.92 Å². The first kappa shape index (κ1) is 20.4. The van der Waals surface area contributed by atoms with Crippen LogP contribution in [0.15, 0.2) is 83.8 Å². The van der Waals surface area contributed by atoms with E-state index in [1.165, 1.54) is 10.0 Å². The van der Waals surface area contributed by atoms with Crippen molar-refractivity contribution in [1.82, 2.24) is 0 Å². The molecule has 0 heterocycles. The van der Waals surface area contributed by atoms with Crippen LogP contribution in [0.25, 0.3) is 0 Å². The van der Waals surface area contributed by atoms with Gasteiger partial charge in [-0.25, -0.2) is 0 Å². The van der Waals surface area contributed by atoms with Gasteiger partial charge in [0.1, 0.15) is 0 Å². The minimum atomic E-state index is -3.48. The van der Waals surface area contributed by atoms with Gasteiger partial charge in [0.25, 0.3) is 0 Å². The van der Waals surface area contributed by atoms with Gasteiger partial charge >= 0.3 is 181 Å². The molecule has 0 saturated heterocycles. The van der Waals surface area contributed by atoms with Crippen LogP contribution in [0.4, 0.5) is 0 Å². The summed E-state index contributed by atoms with van der Waals surface area (Å²) in [5.41, 5.74) is 3.23. The molecule has 2 nitrogen and oxygen atoms in total. The maximum atomic E-state index is 13.8. The zero-order valence-electron chi connectivity index (χ0n) is 17.0. The molecule has 4 rings (SSSR count). The van der Waals surface area contributed by atoms with Crippen LogP contribution in [0.3, 0.4) is 0 Å². The first-order valence-electron chi connectivity index (χ1n) is 9.91. The average molecular weight is 470 g/mol. The van der Waals surface area contributed by atoms with Gasteiger partial charge in [-0.1, -0.05) is 0 Å². The Balaban J connectivity index is 1.78. The predicted octanol–water partition coefficient (Wildman–Crippen LogP) is 4.91. The topological polar surface area (TPSA) is 34.1 Å². The Morgan fingerprint density at radius 2 is 1.48 bits per heavy atom. The van der Waals surface area contributed by atoms with Crippen molar-refractivity contribution in [1.29, 1.82) is 0 Å². The Morgan fingerprint density at radius 3 is 2.17 bits per heavy atom. The zero-order valence-corrected chi connectivity index (χ0v) is 19.5. The molecule has 3 aromatic carbocycles. The molecule has 1 aliphatic carbocycles. The van der Waals surface area contributed by atoms with Gasteiger partial charge < -0.3 is 0 Å². The van der Waals surface area contributed by atoms with Crippen molar-refractivity contribution in [2.75, 3.05) is 0 Å². The van der Waals surface area contributed by atoms with Gasteiger partial charge in [-0.05, 0) is 0 Å². The van der Waals surface area contributed by atoms with Gasteiger partial charge in [0, 0.05) is 0 Å². The van der Waals surface area contributed by atoms with Gasteiger partial charge in [0.05, 0.1) is 0 Å². The van der Waals surface area contributed by atoms with Gasteiger partial charge in [0.2, 0.25) is 0 Å². The first-order valence-corrected chi connectivity index (χ1v) is 13.2. The van der Waals surface area contributed by atoms with Crippen molar-refractivity contribution >= 4 is 29.3 Å². The fourth-order valence-corrected chi connectivity index (χ4v) is 9.40. The molecule has 29 heavy (non-hydrogen) atoms. The molecule has 3 aromatic rings. The molecule has 150 valence electrons. The van der Waals surface area contributed by atoms with E-state index >= 15 is 0 Å². The van der Waals surface area contributed by atoms with Crippen LogP contribution >= 0.6 is 0 Å². The monoisotopic (exact) mass is 470 g/mol. The number of rotatable bonds is 5. The molecule has 0 saturated carbocycles. The molecule has 0 radical (unpaired) electrons. The Hall–Kier alpha value is -1.87. The number of sulfone groups is 1. The number of hydrogen-bond acceptors (Lipinski definition) is 2. The summed E-state index contributed by atoms with van der Waals surface area (Å²) >= 11 is 0.169. The summed E-state index contributed by atoms with van der Waals surface area (Å²) < 4.78 is 28.9. The Morgan fingerprint density at radius 1 is 0.862 bits per heavy atom. The molecule has 0 amide bonds. The van der Waals surface area contributed by atoms with Crippen LogP contribution < -0.4 is 4.46 Å².